The van der Waals surface area contributed by atoms with Crippen LogP contribution in [0.4, 0.5) is 5.69 Å². The summed E-state index contributed by atoms with van der Waals surface area (Å²) >= 11 is 1.63. The fourth-order valence-electron chi connectivity index (χ4n) is 3.39. The van der Waals surface area contributed by atoms with E-state index in [1.165, 1.54) is 4.90 Å². The Morgan fingerprint density at radius 3 is 2.64 bits per heavy atom. The van der Waals surface area contributed by atoms with Crippen molar-refractivity contribution in [3.8, 4) is 17.0 Å². The molecule has 0 saturated heterocycles. The maximum atomic E-state index is 13.0. The molecule has 0 N–H and O–H groups in total. The first-order chi connectivity index (χ1) is 13.2. The highest BCUT2D eigenvalue weighted by atomic mass is 32.1. The number of aryl methyl sites for hydroxylation is 2. The van der Waals surface area contributed by atoms with Gasteiger partial charge in [0.2, 0.25) is 0 Å². The van der Waals surface area contributed by atoms with Crippen LogP contribution in [0.5, 0.6) is 5.75 Å². The molecule has 6 nitrogen and oxygen atoms in total. The molecule has 0 radical (unpaired) electrons. The van der Waals surface area contributed by atoms with Gasteiger partial charge < -0.3 is 9.47 Å². The minimum Gasteiger partial charge on any atom is -0.479 e. The first-order valence-corrected chi connectivity index (χ1v) is 10.3. The lowest BCUT2D eigenvalue weighted by Crippen LogP contribution is -2.53. The zero-order valence-electron chi connectivity index (χ0n) is 17.1. The Morgan fingerprint density at radius 2 is 2.07 bits per heavy atom. The number of rotatable bonds is 5. The van der Waals surface area contributed by atoms with Crippen LogP contribution >= 0.6 is 11.3 Å². The third-order valence-corrected chi connectivity index (χ3v) is 5.49. The van der Waals surface area contributed by atoms with Crippen LogP contribution in [0.15, 0.2) is 18.2 Å². The fraction of sp³-hybridized carbons (Fsp3) is 0.476. The molecule has 0 aliphatic carbocycles. The summed E-state index contributed by atoms with van der Waals surface area (Å²) in [5.41, 5.74) is 2.36. The van der Waals surface area contributed by atoms with Gasteiger partial charge >= 0.3 is 5.97 Å². The molecule has 1 aromatic carbocycles. The number of carbonyl (C=O) groups excluding carboxylic acids is 2. The lowest BCUT2D eigenvalue weighted by atomic mass is 10.0. The van der Waals surface area contributed by atoms with Crippen LogP contribution in [0.2, 0.25) is 0 Å². The van der Waals surface area contributed by atoms with E-state index in [1.54, 1.807) is 32.1 Å². The van der Waals surface area contributed by atoms with E-state index in [0.717, 1.165) is 21.1 Å². The molecule has 0 fully saturated rings. The van der Waals surface area contributed by atoms with Crippen LogP contribution in [0, 0.1) is 13.8 Å². The van der Waals surface area contributed by atoms with E-state index in [0.29, 0.717) is 17.9 Å². The van der Waals surface area contributed by atoms with E-state index in [-0.39, 0.29) is 12.0 Å². The van der Waals surface area contributed by atoms with Gasteiger partial charge in [0, 0.05) is 10.4 Å². The maximum absolute atomic E-state index is 13.0. The van der Waals surface area contributed by atoms with Crippen molar-refractivity contribution in [3.63, 3.8) is 0 Å². The molecule has 0 spiro atoms. The van der Waals surface area contributed by atoms with Crippen LogP contribution in [0.3, 0.4) is 0 Å². The third-order valence-electron chi connectivity index (χ3n) is 4.61. The molecule has 2 aromatic rings. The van der Waals surface area contributed by atoms with Gasteiger partial charge in [0.25, 0.3) is 5.91 Å². The lowest BCUT2D eigenvalue weighted by molar-refractivity contribution is -0.150. The summed E-state index contributed by atoms with van der Waals surface area (Å²) in [6.07, 6.45) is -0.466. The summed E-state index contributed by atoms with van der Waals surface area (Å²) in [4.78, 5) is 32.9. The van der Waals surface area contributed by atoms with Gasteiger partial charge in [-0.25, -0.2) is 9.78 Å². The Balaban J connectivity index is 2.09. The molecular weight excluding hydrogens is 376 g/mol. The number of aromatic nitrogens is 1. The van der Waals surface area contributed by atoms with Gasteiger partial charge in [-0.1, -0.05) is 6.92 Å². The van der Waals surface area contributed by atoms with Crippen molar-refractivity contribution in [2.75, 3.05) is 4.90 Å². The Hall–Kier alpha value is -2.41. The van der Waals surface area contributed by atoms with Crippen molar-refractivity contribution in [1.29, 1.82) is 0 Å². The summed E-state index contributed by atoms with van der Waals surface area (Å²) < 4.78 is 11.2. The predicted octanol–water partition coefficient (Wildman–Crippen LogP) is 4.27. The van der Waals surface area contributed by atoms with E-state index in [4.69, 9.17) is 9.47 Å². The molecule has 2 atom stereocenters. The van der Waals surface area contributed by atoms with Crippen LogP contribution < -0.4 is 9.64 Å². The number of benzene rings is 1. The topological polar surface area (TPSA) is 68.7 Å². The molecule has 1 aromatic heterocycles. The average molecular weight is 403 g/mol. The molecule has 28 heavy (non-hydrogen) atoms. The number of carbonyl (C=O) groups is 2. The van der Waals surface area contributed by atoms with Gasteiger partial charge in [-0.2, -0.15) is 0 Å². The van der Waals surface area contributed by atoms with Crippen LogP contribution in [-0.4, -0.2) is 35.1 Å². The van der Waals surface area contributed by atoms with Crippen molar-refractivity contribution >= 4 is 28.9 Å². The Morgan fingerprint density at radius 1 is 1.36 bits per heavy atom. The predicted molar refractivity (Wildman–Crippen MR) is 110 cm³/mol. The lowest BCUT2D eigenvalue weighted by Gasteiger charge is -2.37. The van der Waals surface area contributed by atoms with E-state index in [2.05, 4.69) is 4.98 Å². The van der Waals surface area contributed by atoms with Crippen molar-refractivity contribution in [2.24, 2.45) is 0 Å². The molecule has 0 saturated carbocycles. The fourth-order valence-corrected chi connectivity index (χ4v) is 4.23. The van der Waals surface area contributed by atoms with Gasteiger partial charge in [0.15, 0.2) is 6.10 Å². The standard InChI is InChI=1S/C21H26N2O4S/c1-7-16(21(25)26-11(2)3)23-17-10-15(19-13(5)28-14(6)22-19)8-9-18(17)27-12(4)20(23)24/h8-12,16H,7H2,1-6H3. The number of fused-ring (bicyclic) bond motifs is 1. The molecule has 2 heterocycles. The maximum Gasteiger partial charge on any atom is 0.329 e. The normalized spacial score (nSPS) is 17.3. The van der Waals surface area contributed by atoms with Crippen molar-refractivity contribution < 1.29 is 19.1 Å². The second-order valence-corrected chi connectivity index (χ2v) is 8.61. The smallest absolute Gasteiger partial charge is 0.329 e. The number of ether oxygens (including phenoxy) is 2. The summed E-state index contributed by atoms with van der Waals surface area (Å²) in [6, 6.07) is 4.96. The summed E-state index contributed by atoms with van der Waals surface area (Å²) in [6.45, 7) is 11.2. The number of hydrogen-bond acceptors (Lipinski definition) is 6. The molecule has 1 aliphatic heterocycles. The molecule has 3 rings (SSSR count). The monoisotopic (exact) mass is 402 g/mol. The number of thiazole rings is 1. The molecule has 1 amide bonds. The number of hydrogen-bond donors (Lipinski definition) is 0. The third kappa shape index (κ3) is 3.76. The summed E-state index contributed by atoms with van der Waals surface area (Å²) in [7, 11) is 0. The highest BCUT2D eigenvalue weighted by molar-refractivity contribution is 7.11. The van der Waals surface area contributed by atoms with E-state index in [1.807, 2.05) is 39.0 Å². The largest absolute Gasteiger partial charge is 0.479 e. The molecule has 1 aliphatic rings. The molecular formula is C21H26N2O4S. The van der Waals surface area contributed by atoms with E-state index < -0.39 is 18.1 Å². The van der Waals surface area contributed by atoms with Crippen molar-refractivity contribution in [3.05, 3.63) is 28.1 Å². The molecule has 0 bridgehead atoms. The number of anilines is 1. The number of esters is 1. The van der Waals surface area contributed by atoms with Gasteiger partial charge in [-0.15, -0.1) is 11.3 Å². The second-order valence-electron chi connectivity index (χ2n) is 7.20. The van der Waals surface area contributed by atoms with Crippen LogP contribution in [-0.2, 0) is 14.3 Å². The Kier molecular flexibility index (Phi) is 5.74. The van der Waals surface area contributed by atoms with E-state index >= 15 is 0 Å². The van der Waals surface area contributed by atoms with Crippen molar-refractivity contribution in [2.45, 2.75) is 66.2 Å². The Labute approximate surface area is 169 Å². The quantitative estimate of drug-likeness (QED) is 0.699. The van der Waals surface area contributed by atoms with E-state index in [9.17, 15) is 9.59 Å². The number of nitrogens with zero attached hydrogens (tertiary/aromatic N) is 2. The van der Waals surface area contributed by atoms with Gasteiger partial charge in [0.05, 0.1) is 22.5 Å². The minimum absolute atomic E-state index is 0.247. The Bertz CT molecular complexity index is 906. The average Bonchev–Trinajstić information content (AvgIpc) is 2.96. The van der Waals surface area contributed by atoms with Gasteiger partial charge in [-0.3, -0.25) is 9.69 Å². The van der Waals surface area contributed by atoms with Gasteiger partial charge in [-0.05, 0) is 59.2 Å². The minimum atomic E-state index is -0.700. The second kappa shape index (κ2) is 7.91. The molecule has 7 heteroatoms. The van der Waals surface area contributed by atoms with Crippen LogP contribution in [0.25, 0.3) is 11.3 Å². The summed E-state index contributed by atoms with van der Waals surface area (Å²) in [5.74, 6) is -0.0726. The molecule has 2 unspecified atom stereocenters. The zero-order chi connectivity index (χ0) is 20.6. The first-order valence-electron chi connectivity index (χ1n) is 9.51. The number of amides is 1. The summed E-state index contributed by atoms with van der Waals surface area (Å²) in [5, 5.41) is 0.981. The highest BCUT2D eigenvalue weighted by Gasteiger charge is 2.39. The molecule has 150 valence electrons. The SMILES string of the molecule is CCC(C(=O)OC(C)C)N1C(=O)C(C)Oc2ccc(-c3nc(C)sc3C)cc21. The zero-order valence-corrected chi connectivity index (χ0v) is 17.9. The van der Waals surface area contributed by atoms with Gasteiger partial charge in [0.1, 0.15) is 11.8 Å². The first kappa shape index (κ1) is 20.3. The highest BCUT2D eigenvalue weighted by Crippen LogP contribution is 2.40. The van der Waals surface area contributed by atoms with Crippen LogP contribution in [0.1, 0.15) is 44.0 Å². The van der Waals surface area contributed by atoms with Crippen molar-refractivity contribution in [1.82, 2.24) is 4.98 Å².